The molecule has 0 atom stereocenters. The predicted octanol–water partition coefficient (Wildman–Crippen LogP) is 13.1. The van der Waals surface area contributed by atoms with Crippen LogP contribution in [0.25, 0.3) is 0 Å². The maximum atomic E-state index is 2.57. The lowest BCUT2D eigenvalue weighted by atomic mass is 10.0. The molecule has 203 valence electrons. The quantitative estimate of drug-likeness (QED) is 0.0715. The van der Waals surface area contributed by atoms with Crippen molar-refractivity contribution in [3.8, 4) is 0 Å². The normalized spacial score (nSPS) is 11.7. The summed E-state index contributed by atoms with van der Waals surface area (Å²) in [6.07, 6.45) is 48.9. The Labute approximate surface area is 218 Å². The molecule has 0 aliphatic heterocycles. The van der Waals surface area contributed by atoms with Gasteiger partial charge in [0.1, 0.15) is 0 Å². The number of unbranched alkanes of at least 4 members (excludes halogenated alkanes) is 28. The Morgan fingerprint density at radius 3 is 0.794 bits per heavy atom. The molecule has 0 amide bonds. The van der Waals surface area contributed by atoms with Gasteiger partial charge in [0.05, 0.1) is 0 Å². The van der Waals surface area contributed by atoms with Crippen LogP contribution < -0.4 is 0 Å². The summed E-state index contributed by atoms with van der Waals surface area (Å²) in [6.45, 7) is 4.60. The maximum absolute atomic E-state index is 2.57. The van der Waals surface area contributed by atoms with Gasteiger partial charge in [0.15, 0.2) is 0 Å². The lowest BCUT2D eigenvalue weighted by Gasteiger charge is -2.04. The standard InChI is InChI=1S/C34H67/c1-3-5-7-9-11-13-15-17-19-21-23-25-27-29-31-33-34-32-30-28-26-24-22-20-18-16-14-12-10-8-6-4-2/h17,19,34H,3-16,18,20-33H2,1-2H3/b19-17-. The minimum atomic E-state index is 1.31. The molecular formula is C34H67. The molecule has 0 N–H and O–H groups in total. The number of allylic oxidation sites excluding steroid dienone is 2. The van der Waals surface area contributed by atoms with E-state index >= 15 is 0 Å². The first kappa shape index (κ1) is 33.7. The van der Waals surface area contributed by atoms with E-state index in [4.69, 9.17) is 0 Å². The highest BCUT2D eigenvalue weighted by molar-refractivity contribution is 4.81. The Balaban J connectivity index is 3.04. The molecule has 0 saturated carbocycles. The molecule has 0 unspecified atom stereocenters. The van der Waals surface area contributed by atoms with Crippen LogP contribution in [0.4, 0.5) is 0 Å². The molecule has 0 aromatic carbocycles. The first-order chi connectivity index (χ1) is 16.9. The van der Waals surface area contributed by atoms with Gasteiger partial charge in [-0.1, -0.05) is 187 Å². The molecule has 0 aliphatic carbocycles. The lowest BCUT2D eigenvalue weighted by Crippen LogP contribution is -1.85. The zero-order valence-corrected chi connectivity index (χ0v) is 24.2. The Bertz CT molecular complexity index is 355. The van der Waals surface area contributed by atoms with Crippen LogP contribution in [0.2, 0.25) is 0 Å². The molecule has 0 aliphatic rings. The van der Waals surface area contributed by atoms with Crippen LogP contribution in [-0.2, 0) is 0 Å². The van der Waals surface area contributed by atoms with E-state index in [1.807, 2.05) is 0 Å². The molecule has 1 radical (unpaired) electrons. The Kier molecular flexibility index (Phi) is 32.5. The second-order valence-electron chi connectivity index (χ2n) is 11.0. The molecule has 0 aromatic heterocycles. The van der Waals surface area contributed by atoms with E-state index in [0.29, 0.717) is 0 Å². The maximum Gasteiger partial charge on any atom is -0.0351 e. The summed E-state index contributed by atoms with van der Waals surface area (Å²) in [4.78, 5) is 0. The molecule has 0 bridgehead atoms. The van der Waals surface area contributed by atoms with Crippen molar-refractivity contribution in [3.05, 3.63) is 18.6 Å². The molecule has 0 heterocycles. The second kappa shape index (κ2) is 32.7. The molecule has 0 fully saturated rings. The fraction of sp³-hybridized carbons (Fsp3) is 0.912. The molecule has 0 nitrogen and oxygen atoms in total. The van der Waals surface area contributed by atoms with Crippen molar-refractivity contribution in [2.75, 3.05) is 0 Å². The lowest BCUT2D eigenvalue weighted by molar-refractivity contribution is 0.533. The van der Waals surface area contributed by atoms with E-state index in [1.165, 1.54) is 186 Å². The van der Waals surface area contributed by atoms with Gasteiger partial charge in [-0.3, -0.25) is 0 Å². The molecule has 0 aromatic rings. The van der Waals surface area contributed by atoms with E-state index in [2.05, 4.69) is 32.4 Å². The monoisotopic (exact) mass is 476 g/mol. The number of hydrogen-bond donors (Lipinski definition) is 0. The topological polar surface area (TPSA) is 0 Å². The minimum Gasteiger partial charge on any atom is -0.0885 e. The van der Waals surface area contributed by atoms with Crippen molar-refractivity contribution in [3.63, 3.8) is 0 Å². The van der Waals surface area contributed by atoms with Gasteiger partial charge in [-0.15, -0.1) is 0 Å². The van der Waals surface area contributed by atoms with Gasteiger partial charge in [0, 0.05) is 0 Å². The summed E-state index contributed by atoms with van der Waals surface area (Å²) < 4.78 is 0. The first-order valence-corrected chi connectivity index (χ1v) is 16.4. The van der Waals surface area contributed by atoms with E-state index < -0.39 is 0 Å². The van der Waals surface area contributed by atoms with Gasteiger partial charge >= 0.3 is 0 Å². The van der Waals surface area contributed by atoms with Crippen molar-refractivity contribution in [1.82, 2.24) is 0 Å². The average Bonchev–Trinajstić information content (AvgIpc) is 2.85. The Morgan fingerprint density at radius 1 is 0.265 bits per heavy atom. The summed E-state index contributed by atoms with van der Waals surface area (Å²) >= 11 is 0. The average molecular weight is 476 g/mol. The molecule has 0 rings (SSSR count). The van der Waals surface area contributed by atoms with E-state index in [-0.39, 0.29) is 0 Å². The van der Waals surface area contributed by atoms with Gasteiger partial charge in [0.25, 0.3) is 0 Å². The van der Waals surface area contributed by atoms with Gasteiger partial charge in [-0.2, -0.15) is 0 Å². The molecule has 0 spiro atoms. The number of hydrogen-bond acceptors (Lipinski definition) is 0. The van der Waals surface area contributed by atoms with Crippen molar-refractivity contribution in [2.24, 2.45) is 0 Å². The third-order valence-electron chi connectivity index (χ3n) is 7.43. The van der Waals surface area contributed by atoms with Gasteiger partial charge in [-0.25, -0.2) is 0 Å². The van der Waals surface area contributed by atoms with Crippen LogP contribution in [0.3, 0.4) is 0 Å². The fourth-order valence-corrected chi connectivity index (χ4v) is 4.99. The molecular weight excluding hydrogens is 408 g/mol. The molecule has 34 heavy (non-hydrogen) atoms. The summed E-state index contributed by atoms with van der Waals surface area (Å²) in [5.74, 6) is 0. The molecule has 0 heteroatoms. The first-order valence-electron chi connectivity index (χ1n) is 16.4. The predicted molar refractivity (Wildman–Crippen MR) is 159 cm³/mol. The third kappa shape index (κ3) is 31.7. The van der Waals surface area contributed by atoms with Gasteiger partial charge in [0.2, 0.25) is 0 Å². The van der Waals surface area contributed by atoms with Gasteiger partial charge < -0.3 is 0 Å². The summed E-state index contributed by atoms with van der Waals surface area (Å²) in [6, 6.07) is 0. The van der Waals surface area contributed by atoms with Crippen molar-refractivity contribution in [1.29, 1.82) is 0 Å². The van der Waals surface area contributed by atoms with Crippen LogP contribution in [-0.4, -0.2) is 0 Å². The van der Waals surface area contributed by atoms with Crippen LogP contribution in [0.15, 0.2) is 12.2 Å². The van der Waals surface area contributed by atoms with Gasteiger partial charge in [-0.05, 0) is 32.1 Å². The minimum absolute atomic E-state index is 1.31. The van der Waals surface area contributed by atoms with Crippen LogP contribution in [0.1, 0.15) is 200 Å². The van der Waals surface area contributed by atoms with Crippen LogP contribution >= 0.6 is 0 Å². The Morgan fingerprint density at radius 2 is 0.500 bits per heavy atom. The second-order valence-corrected chi connectivity index (χ2v) is 11.0. The highest BCUT2D eigenvalue weighted by atomic mass is 14.0. The Hall–Kier alpha value is -0.260. The summed E-state index contributed by atoms with van der Waals surface area (Å²) in [7, 11) is 0. The highest BCUT2D eigenvalue weighted by Gasteiger charge is 1.96. The van der Waals surface area contributed by atoms with Crippen molar-refractivity contribution in [2.45, 2.75) is 200 Å². The SMILES string of the molecule is CCCCCCCC/C=C\CCCCCCC[CH]CCCCCCCCCCCCCCCC. The van der Waals surface area contributed by atoms with E-state index in [9.17, 15) is 0 Å². The zero-order valence-electron chi connectivity index (χ0n) is 24.2. The summed E-state index contributed by atoms with van der Waals surface area (Å²) in [5.41, 5.74) is 0. The van der Waals surface area contributed by atoms with Crippen LogP contribution in [0.5, 0.6) is 0 Å². The van der Waals surface area contributed by atoms with Crippen LogP contribution in [0, 0.1) is 6.42 Å². The molecule has 0 saturated heterocycles. The zero-order chi connectivity index (χ0) is 24.6. The van der Waals surface area contributed by atoms with Crippen molar-refractivity contribution >= 4 is 0 Å². The van der Waals surface area contributed by atoms with Crippen molar-refractivity contribution < 1.29 is 0 Å². The number of rotatable bonds is 30. The highest BCUT2D eigenvalue weighted by Crippen LogP contribution is 2.15. The smallest absolute Gasteiger partial charge is 0.0351 e. The largest absolute Gasteiger partial charge is 0.0885 e. The fourth-order valence-electron chi connectivity index (χ4n) is 4.99. The van der Waals surface area contributed by atoms with E-state index in [1.54, 1.807) is 0 Å². The van der Waals surface area contributed by atoms with E-state index in [0.717, 1.165) is 0 Å². The third-order valence-corrected chi connectivity index (χ3v) is 7.43. The summed E-state index contributed by atoms with van der Waals surface area (Å²) in [5, 5.41) is 0.